The first-order valence-electron chi connectivity index (χ1n) is 26.1. The largest absolute Gasteiger partial charge is 0.461 e. The number of amides is 6. The Morgan fingerprint density at radius 1 is 0.486 bits per heavy atom. The van der Waals surface area contributed by atoms with Crippen molar-refractivity contribution in [2.75, 3.05) is 69.6 Å². The fourth-order valence-electron chi connectivity index (χ4n) is 9.16. The van der Waals surface area contributed by atoms with Crippen LogP contribution in [0, 0.1) is 23.7 Å². The predicted molar refractivity (Wildman–Crippen MR) is 285 cm³/mol. The van der Waals surface area contributed by atoms with Crippen LogP contribution in [0.3, 0.4) is 0 Å². The lowest BCUT2D eigenvalue weighted by Gasteiger charge is -2.38. The minimum absolute atomic E-state index is 0.0200. The van der Waals surface area contributed by atoms with Crippen LogP contribution in [0.5, 0.6) is 0 Å². The van der Waals surface area contributed by atoms with E-state index in [1.54, 1.807) is 86.5 Å². The highest BCUT2D eigenvalue weighted by Crippen LogP contribution is 2.22. The Kier molecular flexibility index (Phi) is 24.7. The van der Waals surface area contributed by atoms with Crippen molar-refractivity contribution >= 4 is 47.4 Å². The van der Waals surface area contributed by atoms with Crippen LogP contribution >= 0.6 is 0 Å². The maximum Gasteiger partial charge on any atom is 0.329 e. The van der Waals surface area contributed by atoms with E-state index >= 15 is 19.2 Å². The summed E-state index contributed by atoms with van der Waals surface area (Å²) in [6.45, 7) is 14.1. The molecule has 2 N–H and O–H groups in total. The lowest BCUT2D eigenvalue weighted by Crippen LogP contribution is -2.61. The number of rotatable bonds is 18. The predicted octanol–water partition coefficient (Wildman–Crippen LogP) is 3.89. The van der Waals surface area contributed by atoms with Gasteiger partial charge in [0.15, 0.2) is 0 Å². The lowest BCUT2D eigenvalue weighted by atomic mass is 9.98. The average molecular weight is 1030 g/mol. The highest BCUT2D eigenvalue weighted by molar-refractivity contribution is 5.96. The highest BCUT2D eigenvalue weighted by atomic mass is 16.5. The number of ether oxygens (including phenoxy) is 2. The van der Waals surface area contributed by atoms with Crippen LogP contribution < -0.4 is 10.6 Å². The van der Waals surface area contributed by atoms with Gasteiger partial charge >= 0.3 is 11.9 Å². The minimum atomic E-state index is -1.50. The summed E-state index contributed by atoms with van der Waals surface area (Å²) in [5, 5.41) is 5.70. The molecule has 1 heterocycles. The molecule has 2 aromatic carbocycles. The SMILES string of the molecule is CC(C)CC1C(=O)N(C)[C@@H](Cc2ccccc2)C(=O)OC[C@H](NC(=O)[C@H](CC(C)C)N(C)C)C(=O)N(C)[C@@H](CC(C)C)C(=O)N(C)C(Cc2ccccc2)C(=O)OCC(NC(=O)[C@H](CC(C)C)N(C)C)C(=O)N1C. The Hall–Kier alpha value is -5.88. The van der Waals surface area contributed by atoms with E-state index < -0.39 is 109 Å². The van der Waals surface area contributed by atoms with Crippen molar-refractivity contribution in [2.45, 2.75) is 142 Å². The number of hydrogen-bond acceptors (Lipinski definition) is 12. The molecule has 1 saturated heterocycles. The van der Waals surface area contributed by atoms with Crippen molar-refractivity contribution in [3.8, 4) is 0 Å². The van der Waals surface area contributed by atoms with Crippen LogP contribution in [0.1, 0.15) is 92.2 Å². The molecule has 1 fully saturated rings. The second-order valence-electron chi connectivity index (χ2n) is 22.1. The van der Waals surface area contributed by atoms with Gasteiger partial charge < -0.3 is 39.7 Å². The summed E-state index contributed by atoms with van der Waals surface area (Å²) in [6, 6.07) is 8.64. The molecule has 18 heteroatoms. The van der Waals surface area contributed by atoms with Gasteiger partial charge in [0.25, 0.3) is 0 Å². The summed E-state index contributed by atoms with van der Waals surface area (Å²) in [7, 11) is 12.8. The third-order valence-corrected chi connectivity index (χ3v) is 13.6. The number of likely N-dealkylation sites (N-methyl/N-ethyl adjacent to an activating group) is 6. The fraction of sp³-hybridized carbons (Fsp3) is 0.643. The molecular weight excluding hydrogens is 945 g/mol. The summed E-state index contributed by atoms with van der Waals surface area (Å²) in [4.78, 5) is 126. The molecule has 412 valence electrons. The molecule has 0 radical (unpaired) electrons. The van der Waals surface area contributed by atoms with E-state index in [2.05, 4.69) is 10.6 Å². The third kappa shape index (κ3) is 18.2. The first-order chi connectivity index (χ1) is 34.7. The van der Waals surface area contributed by atoms with E-state index in [1.165, 1.54) is 47.8 Å². The zero-order chi connectivity index (χ0) is 55.7. The van der Waals surface area contributed by atoms with Crippen LogP contribution in [0.4, 0.5) is 0 Å². The molecule has 18 nitrogen and oxygen atoms in total. The Morgan fingerprint density at radius 2 is 0.784 bits per heavy atom. The van der Waals surface area contributed by atoms with E-state index in [0.717, 1.165) is 0 Å². The summed E-state index contributed by atoms with van der Waals surface area (Å²) < 4.78 is 12.1. The molecule has 6 amide bonds. The summed E-state index contributed by atoms with van der Waals surface area (Å²) in [6.07, 6.45) is 1.11. The van der Waals surface area contributed by atoms with Gasteiger partial charge in [-0.2, -0.15) is 0 Å². The molecule has 3 rings (SSSR count). The lowest BCUT2D eigenvalue weighted by molar-refractivity contribution is -0.162. The second kappa shape index (κ2) is 29.3. The zero-order valence-electron chi connectivity index (χ0n) is 47.1. The summed E-state index contributed by atoms with van der Waals surface area (Å²) >= 11 is 0. The number of cyclic esters (lactones) is 2. The molecule has 1 aliphatic heterocycles. The van der Waals surface area contributed by atoms with Gasteiger partial charge in [0.1, 0.15) is 49.5 Å². The topological polar surface area (TPSA) is 199 Å². The van der Waals surface area contributed by atoms with Gasteiger partial charge in [-0.3, -0.25) is 38.6 Å². The molecule has 0 aromatic heterocycles. The molecule has 0 saturated carbocycles. The smallest absolute Gasteiger partial charge is 0.329 e. The minimum Gasteiger partial charge on any atom is -0.461 e. The van der Waals surface area contributed by atoms with Crippen molar-refractivity contribution in [1.82, 2.24) is 40.0 Å². The van der Waals surface area contributed by atoms with Crippen LogP contribution in [0.2, 0.25) is 0 Å². The number of nitrogens with zero attached hydrogens (tertiary/aromatic N) is 6. The maximum absolute atomic E-state index is 15.1. The van der Waals surface area contributed by atoms with Crippen molar-refractivity contribution in [3.63, 3.8) is 0 Å². The Bertz CT molecular complexity index is 2020. The monoisotopic (exact) mass is 1030 g/mol. The molecule has 0 spiro atoms. The van der Waals surface area contributed by atoms with Gasteiger partial charge in [-0.15, -0.1) is 0 Å². The fourth-order valence-corrected chi connectivity index (χ4v) is 9.16. The Morgan fingerprint density at radius 3 is 1.05 bits per heavy atom. The number of esters is 2. The molecule has 2 aromatic rings. The molecule has 8 atom stereocenters. The van der Waals surface area contributed by atoms with Gasteiger partial charge in [-0.1, -0.05) is 116 Å². The van der Waals surface area contributed by atoms with Gasteiger partial charge in [0.05, 0.1) is 12.1 Å². The number of hydrogen-bond donors (Lipinski definition) is 2. The summed E-state index contributed by atoms with van der Waals surface area (Å²) in [5.41, 5.74) is 1.37. The van der Waals surface area contributed by atoms with Gasteiger partial charge in [0, 0.05) is 41.0 Å². The van der Waals surface area contributed by atoms with Crippen LogP contribution in [0.15, 0.2) is 60.7 Å². The number of nitrogens with one attached hydrogen (secondary N) is 2. The standard InChI is InChI=1S/C56H88N8O10/c1-35(2)27-43(59(9)10)49(65)57-41-33-73-55(71)47(31-39-23-19-17-20-24-39)63(15)54(70)46(30-38(7)8)62(14)52(68)42(58-50(66)44(60(11)12)28-36(3)4)34-74-56(72)48(32-40-25-21-18-22-26-40)64(16)53(69)45(29-37(5)6)61(13)51(41)67/h17-26,35-38,41-48H,27-34H2,1-16H3,(H,57,65)(H,58,66)/t41-,42?,43-,44-,45-,46?,47-,48?/m0/s1. The van der Waals surface area contributed by atoms with Crippen molar-refractivity contribution < 1.29 is 47.8 Å². The number of benzene rings is 2. The van der Waals surface area contributed by atoms with E-state index in [-0.39, 0.29) is 49.4 Å². The van der Waals surface area contributed by atoms with Crippen molar-refractivity contribution in [2.24, 2.45) is 23.7 Å². The molecule has 0 aliphatic carbocycles. The van der Waals surface area contributed by atoms with Crippen LogP contribution in [-0.2, 0) is 60.7 Å². The maximum atomic E-state index is 15.1. The summed E-state index contributed by atoms with van der Waals surface area (Å²) in [5.74, 6) is -5.58. The van der Waals surface area contributed by atoms with E-state index in [9.17, 15) is 19.2 Å². The van der Waals surface area contributed by atoms with Gasteiger partial charge in [0.2, 0.25) is 35.4 Å². The van der Waals surface area contributed by atoms with Crippen LogP contribution in [-0.4, -0.2) is 195 Å². The Labute approximate surface area is 441 Å². The molecule has 0 bridgehead atoms. The number of carbonyl (C=O) groups excluding carboxylic acids is 8. The highest BCUT2D eigenvalue weighted by Gasteiger charge is 2.43. The van der Waals surface area contributed by atoms with Crippen molar-refractivity contribution in [1.29, 1.82) is 0 Å². The van der Waals surface area contributed by atoms with Gasteiger partial charge in [-0.05, 0) is 88.7 Å². The van der Waals surface area contributed by atoms with E-state index in [1.807, 2.05) is 67.5 Å². The average Bonchev–Trinajstić information content (AvgIpc) is 3.34. The molecule has 74 heavy (non-hydrogen) atoms. The Balaban J connectivity index is 2.36. The molecular formula is C56H88N8O10. The number of carbonyl (C=O) groups is 8. The van der Waals surface area contributed by atoms with E-state index in [0.29, 0.717) is 24.0 Å². The first kappa shape index (κ1) is 62.4. The van der Waals surface area contributed by atoms with Crippen molar-refractivity contribution in [3.05, 3.63) is 71.8 Å². The third-order valence-electron chi connectivity index (χ3n) is 13.6. The molecule has 1 aliphatic rings. The van der Waals surface area contributed by atoms with Crippen LogP contribution in [0.25, 0.3) is 0 Å². The zero-order valence-corrected chi connectivity index (χ0v) is 47.1. The van der Waals surface area contributed by atoms with E-state index in [4.69, 9.17) is 9.47 Å². The van der Waals surface area contributed by atoms with Gasteiger partial charge in [-0.25, -0.2) is 9.59 Å². The second-order valence-corrected chi connectivity index (χ2v) is 22.1. The normalized spacial score (nSPS) is 22.5. The quantitative estimate of drug-likeness (QED) is 0.205. The molecule has 3 unspecified atom stereocenters. The first-order valence-corrected chi connectivity index (χ1v) is 26.1.